The van der Waals surface area contributed by atoms with Crippen molar-refractivity contribution in [2.24, 2.45) is 0 Å². The Labute approximate surface area is 123 Å². The van der Waals surface area contributed by atoms with E-state index in [1.165, 1.54) is 33.4 Å². The molecular formula is C19H25N. The van der Waals surface area contributed by atoms with Gasteiger partial charge in [0.25, 0.3) is 0 Å². The zero-order valence-electron chi connectivity index (χ0n) is 13.2. The molecule has 2 rings (SSSR count). The van der Waals surface area contributed by atoms with Crippen LogP contribution in [0.15, 0.2) is 36.4 Å². The summed E-state index contributed by atoms with van der Waals surface area (Å²) in [4.78, 5) is 0. The molecule has 0 bridgehead atoms. The Kier molecular flexibility index (Phi) is 4.61. The summed E-state index contributed by atoms with van der Waals surface area (Å²) in [7, 11) is 0. The molecule has 1 N–H and O–H groups in total. The van der Waals surface area contributed by atoms with Gasteiger partial charge in [0.1, 0.15) is 0 Å². The van der Waals surface area contributed by atoms with E-state index in [-0.39, 0.29) is 0 Å². The van der Waals surface area contributed by atoms with Gasteiger partial charge in [-0.05, 0) is 62.4 Å². The Hall–Kier alpha value is -1.60. The SMILES string of the molecule is Cc1cc(C)c(CNC(C)c2ccccc2C)c(C)c1. The van der Waals surface area contributed by atoms with Crippen molar-refractivity contribution >= 4 is 0 Å². The van der Waals surface area contributed by atoms with Crippen LogP contribution in [0.3, 0.4) is 0 Å². The van der Waals surface area contributed by atoms with Gasteiger partial charge in [-0.25, -0.2) is 0 Å². The molecule has 20 heavy (non-hydrogen) atoms. The van der Waals surface area contributed by atoms with Crippen molar-refractivity contribution in [2.75, 3.05) is 0 Å². The van der Waals surface area contributed by atoms with E-state index < -0.39 is 0 Å². The lowest BCUT2D eigenvalue weighted by molar-refractivity contribution is 0.569. The van der Waals surface area contributed by atoms with Crippen LogP contribution in [0.2, 0.25) is 0 Å². The molecule has 1 atom stereocenters. The third-order valence-electron chi connectivity index (χ3n) is 4.08. The third kappa shape index (κ3) is 3.29. The minimum atomic E-state index is 0.372. The lowest BCUT2D eigenvalue weighted by Gasteiger charge is -2.19. The monoisotopic (exact) mass is 267 g/mol. The first-order valence-electron chi connectivity index (χ1n) is 7.34. The maximum Gasteiger partial charge on any atom is 0.0297 e. The van der Waals surface area contributed by atoms with Crippen molar-refractivity contribution in [1.82, 2.24) is 5.32 Å². The molecule has 0 amide bonds. The van der Waals surface area contributed by atoms with Crippen molar-refractivity contribution < 1.29 is 0 Å². The van der Waals surface area contributed by atoms with Crippen molar-refractivity contribution in [1.29, 1.82) is 0 Å². The highest BCUT2D eigenvalue weighted by atomic mass is 14.9. The summed E-state index contributed by atoms with van der Waals surface area (Å²) in [6.07, 6.45) is 0. The summed E-state index contributed by atoms with van der Waals surface area (Å²) in [5, 5.41) is 3.66. The minimum Gasteiger partial charge on any atom is -0.306 e. The molecule has 0 saturated heterocycles. The highest BCUT2D eigenvalue weighted by Crippen LogP contribution is 2.20. The fourth-order valence-corrected chi connectivity index (χ4v) is 2.93. The van der Waals surface area contributed by atoms with Gasteiger partial charge in [0.05, 0.1) is 0 Å². The van der Waals surface area contributed by atoms with Crippen LogP contribution in [0.4, 0.5) is 0 Å². The molecule has 1 nitrogen and oxygen atoms in total. The highest BCUT2D eigenvalue weighted by Gasteiger charge is 2.09. The van der Waals surface area contributed by atoms with Crippen LogP contribution in [0.5, 0.6) is 0 Å². The summed E-state index contributed by atoms with van der Waals surface area (Å²) in [5.74, 6) is 0. The van der Waals surface area contributed by atoms with Crippen LogP contribution in [0.1, 0.15) is 46.3 Å². The molecule has 1 unspecified atom stereocenters. The van der Waals surface area contributed by atoms with Gasteiger partial charge >= 0.3 is 0 Å². The van der Waals surface area contributed by atoms with Crippen molar-refractivity contribution in [2.45, 2.75) is 47.2 Å². The van der Waals surface area contributed by atoms with Crippen LogP contribution in [-0.4, -0.2) is 0 Å². The van der Waals surface area contributed by atoms with E-state index in [0.717, 1.165) is 6.54 Å². The largest absolute Gasteiger partial charge is 0.306 e. The predicted octanol–water partition coefficient (Wildman–Crippen LogP) is 4.77. The van der Waals surface area contributed by atoms with E-state index in [2.05, 4.69) is 76.3 Å². The van der Waals surface area contributed by atoms with Crippen molar-refractivity contribution in [3.63, 3.8) is 0 Å². The first-order chi connectivity index (χ1) is 9.49. The second-order valence-electron chi connectivity index (χ2n) is 5.84. The zero-order chi connectivity index (χ0) is 14.7. The molecule has 0 aliphatic rings. The number of rotatable bonds is 4. The Bertz CT molecular complexity index is 575. The lowest BCUT2D eigenvalue weighted by atomic mass is 9.98. The summed E-state index contributed by atoms with van der Waals surface area (Å²) in [5.41, 5.74) is 8.27. The van der Waals surface area contributed by atoms with E-state index in [4.69, 9.17) is 0 Å². The molecule has 106 valence electrons. The first kappa shape index (κ1) is 14.8. The topological polar surface area (TPSA) is 12.0 Å². The number of aryl methyl sites for hydroxylation is 4. The Morgan fingerprint density at radius 2 is 1.50 bits per heavy atom. The van der Waals surface area contributed by atoms with Gasteiger partial charge in [-0.1, -0.05) is 42.0 Å². The summed E-state index contributed by atoms with van der Waals surface area (Å²) in [6.45, 7) is 11.9. The average Bonchev–Trinajstić information content (AvgIpc) is 2.37. The normalized spacial score (nSPS) is 12.4. The van der Waals surface area contributed by atoms with Gasteiger partial charge in [0, 0.05) is 12.6 Å². The standard InChI is InChI=1S/C19H25N/c1-13-10-15(3)19(16(4)11-13)12-20-17(5)18-9-7-6-8-14(18)2/h6-11,17,20H,12H2,1-5H3. The fourth-order valence-electron chi connectivity index (χ4n) is 2.93. The molecule has 0 aliphatic carbocycles. The summed E-state index contributed by atoms with van der Waals surface area (Å²) < 4.78 is 0. The van der Waals surface area contributed by atoms with Crippen LogP contribution < -0.4 is 5.32 Å². The van der Waals surface area contributed by atoms with E-state index in [1.807, 2.05) is 0 Å². The molecular weight excluding hydrogens is 242 g/mol. The Morgan fingerprint density at radius 3 is 2.10 bits per heavy atom. The van der Waals surface area contributed by atoms with Gasteiger partial charge in [-0.3, -0.25) is 0 Å². The Morgan fingerprint density at radius 1 is 0.900 bits per heavy atom. The molecule has 2 aromatic carbocycles. The second-order valence-corrected chi connectivity index (χ2v) is 5.84. The number of hydrogen-bond acceptors (Lipinski definition) is 1. The molecule has 0 aliphatic heterocycles. The molecule has 0 aromatic heterocycles. The van der Waals surface area contributed by atoms with Crippen molar-refractivity contribution in [3.8, 4) is 0 Å². The zero-order valence-corrected chi connectivity index (χ0v) is 13.2. The van der Waals surface area contributed by atoms with Crippen LogP contribution in [0.25, 0.3) is 0 Å². The number of benzene rings is 2. The molecule has 0 heterocycles. The van der Waals surface area contributed by atoms with Crippen LogP contribution in [0, 0.1) is 27.7 Å². The van der Waals surface area contributed by atoms with Gasteiger partial charge in [0.2, 0.25) is 0 Å². The van der Waals surface area contributed by atoms with Gasteiger partial charge in [-0.15, -0.1) is 0 Å². The molecule has 0 radical (unpaired) electrons. The lowest BCUT2D eigenvalue weighted by Crippen LogP contribution is -2.20. The predicted molar refractivity (Wildman–Crippen MR) is 87.1 cm³/mol. The molecule has 0 fully saturated rings. The molecule has 1 heteroatoms. The molecule has 0 saturated carbocycles. The van der Waals surface area contributed by atoms with Gasteiger partial charge in [0.15, 0.2) is 0 Å². The summed E-state index contributed by atoms with van der Waals surface area (Å²) in [6, 6.07) is 13.5. The second kappa shape index (κ2) is 6.23. The highest BCUT2D eigenvalue weighted by molar-refractivity contribution is 5.37. The van der Waals surface area contributed by atoms with Crippen molar-refractivity contribution in [3.05, 3.63) is 69.8 Å². The summed E-state index contributed by atoms with van der Waals surface area (Å²) >= 11 is 0. The van der Waals surface area contributed by atoms with Crippen LogP contribution >= 0.6 is 0 Å². The Balaban J connectivity index is 2.12. The molecule has 2 aromatic rings. The first-order valence-corrected chi connectivity index (χ1v) is 7.34. The molecule has 0 spiro atoms. The maximum atomic E-state index is 3.66. The number of hydrogen-bond donors (Lipinski definition) is 1. The average molecular weight is 267 g/mol. The van der Waals surface area contributed by atoms with E-state index in [0.29, 0.717) is 6.04 Å². The third-order valence-corrected chi connectivity index (χ3v) is 4.08. The maximum absolute atomic E-state index is 3.66. The van der Waals surface area contributed by atoms with Gasteiger partial charge in [-0.2, -0.15) is 0 Å². The fraction of sp³-hybridized carbons (Fsp3) is 0.368. The van der Waals surface area contributed by atoms with E-state index in [9.17, 15) is 0 Å². The minimum absolute atomic E-state index is 0.372. The quantitative estimate of drug-likeness (QED) is 0.841. The van der Waals surface area contributed by atoms with Gasteiger partial charge < -0.3 is 5.32 Å². The van der Waals surface area contributed by atoms with Crippen LogP contribution in [-0.2, 0) is 6.54 Å². The van der Waals surface area contributed by atoms with E-state index in [1.54, 1.807) is 0 Å². The number of nitrogens with one attached hydrogen (secondary N) is 1. The smallest absolute Gasteiger partial charge is 0.0297 e. The van der Waals surface area contributed by atoms with E-state index >= 15 is 0 Å².